The summed E-state index contributed by atoms with van der Waals surface area (Å²) in [6.07, 6.45) is 2.82. The van der Waals surface area contributed by atoms with Crippen LogP contribution in [0.3, 0.4) is 0 Å². The summed E-state index contributed by atoms with van der Waals surface area (Å²) in [5, 5.41) is 33.0. The average Bonchev–Trinajstić information content (AvgIpc) is 0.771. The lowest BCUT2D eigenvalue weighted by Crippen LogP contribution is -2.59. The molecule has 0 bridgehead atoms. The number of hydrogen-bond donors (Lipinski definition) is 3. The largest absolute Gasteiger partial charge is 0.392 e. The molecule has 12 fully saturated rings. The van der Waals surface area contributed by atoms with E-state index in [1.54, 1.807) is 28.4 Å². The second-order valence-corrected chi connectivity index (χ2v) is 46.1. The Balaban J connectivity index is 0.000000209. The number of aliphatic hydroxyl groups excluding tert-OH is 3. The molecule has 27 nitrogen and oxygen atoms in total. The molecule has 60 atom stereocenters. The first-order valence-corrected chi connectivity index (χ1v) is 56.6. The van der Waals surface area contributed by atoms with E-state index < -0.39 is 74.9 Å². The maximum absolute atomic E-state index is 11.1. The van der Waals surface area contributed by atoms with Gasteiger partial charge >= 0.3 is 0 Å². The third kappa shape index (κ3) is 27.6. The smallest absolute Gasteiger partial charge is 0.185 e. The second kappa shape index (κ2) is 56.0. The minimum atomic E-state index is -0.696. The van der Waals surface area contributed by atoms with Crippen molar-refractivity contribution in [3.05, 3.63) is 0 Å². The Kier molecular flexibility index (Phi) is 48.9. The van der Waals surface area contributed by atoms with Gasteiger partial charge in [-0.1, -0.05) is 256 Å². The van der Waals surface area contributed by atoms with Gasteiger partial charge in [0.1, 0.15) is 42.7 Å². The molecule has 27 heteroatoms. The predicted molar refractivity (Wildman–Crippen MR) is 542 cm³/mol. The van der Waals surface area contributed by atoms with Gasteiger partial charge in [0.25, 0.3) is 0 Å². The molecule has 3 N–H and O–H groups in total. The van der Waals surface area contributed by atoms with Gasteiger partial charge in [0.2, 0.25) is 0 Å². The van der Waals surface area contributed by atoms with Gasteiger partial charge in [0, 0.05) is 81.7 Å². The van der Waals surface area contributed by atoms with Gasteiger partial charge < -0.3 is 129 Å². The van der Waals surface area contributed by atoms with Crippen molar-refractivity contribution >= 4 is 0 Å². The van der Waals surface area contributed by atoms with Gasteiger partial charge in [-0.3, -0.25) is 0 Å². The molecular weight excluding hydrogens is 1790 g/mol. The Morgan fingerprint density at radius 3 is 0.564 bits per heavy atom. The van der Waals surface area contributed by atoms with Crippen molar-refractivity contribution in [2.45, 2.75) is 549 Å². The van der Waals surface area contributed by atoms with E-state index in [2.05, 4.69) is 249 Å². The van der Waals surface area contributed by atoms with Gasteiger partial charge in [-0.25, -0.2) is 0 Å². The van der Waals surface area contributed by atoms with Crippen LogP contribution in [0.15, 0.2) is 0 Å². The van der Waals surface area contributed by atoms with Crippen molar-refractivity contribution in [2.75, 3.05) is 28.4 Å². The Morgan fingerprint density at radius 1 is 0.136 bits per heavy atom. The van der Waals surface area contributed by atoms with Crippen molar-refractivity contribution in [1.82, 2.24) is 0 Å². The zero-order chi connectivity index (χ0) is 104. The second-order valence-electron chi connectivity index (χ2n) is 46.1. The fourth-order valence-electron chi connectivity index (χ4n) is 25.9. The lowest BCUT2D eigenvalue weighted by atomic mass is 9.78. The van der Waals surface area contributed by atoms with Gasteiger partial charge in [-0.05, 0) is 172 Å². The summed E-state index contributed by atoms with van der Waals surface area (Å²) < 4.78 is 154. The van der Waals surface area contributed by atoms with E-state index in [1.807, 2.05) is 6.92 Å². The van der Waals surface area contributed by atoms with Crippen LogP contribution in [0, 0.1) is 148 Å². The van der Waals surface area contributed by atoms with Gasteiger partial charge in [0.05, 0.1) is 97.7 Å². The molecule has 24 unspecified atom stereocenters. The zero-order valence-corrected chi connectivity index (χ0v) is 95.3. The van der Waals surface area contributed by atoms with Gasteiger partial charge in [0.15, 0.2) is 75.5 Å². The average molecular weight is 2000 g/mol. The molecule has 0 amide bonds. The number of rotatable bonds is 32. The molecule has 12 rings (SSSR count). The van der Waals surface area contributed by atoms with Crippen molar-refractivity contribution in [1.29, 1.82) is 0 Å². The summed E-state index contributed by atoms with van der Waals surface area (Å²) in [4.78, 5) is 0. The first-order chi connectivity index (χ1) is 66.3. The van der Waals surface area contributed by atoms with Crippen LogP contribution in [0.25, 0.3) is 0 Å². The highest BCUT2D eigenvalue weighted by Gasteiger charge is 2.58. The van der Waals surface area contributed by atoms with E-state index in [0.29, 0.717) is 47.3 Å². The van der Waals surface area contributed by atoms with Crippen LogP contribution in [0.4, 0.5) is 0 Å². The molecule has 0 aromatic carbocycles. The quantitative estimate of drug-likeness (QED) is 0.0564. The Labute approximate surface area is 850 Å². The molecule has 12 aliphatic heterocycles. The van der Waals surface area contributed by atoms with Crippen LogP contribution in [0.2, 0.25) is 0 Å². The van der Waals surface area contributed by atoms with E-state index in [-0.39, 0.29) is 242 Å². The Bertz CT molecular complexity index is 3300. The molecule has 0 aliphatic carbocycles. The molecule has 0 radical (unpaired) electrons. The standard InChI is InChI=1S/C29H54O6.3C28H52O7/c1-12-22-16(5)15(4)19(8)28(32-22)35-26-18(7)17(6)23(13-2)33-29(26)34-25-20(9)24(14-3)31-27(30-11)21(25)10;1-11-20-14(4)16(6)24(27(30-10)32-20)35-28-25(17(7)15(5)21(12-2)33-28)34-26-19(9)23(29)18(8)22(13-3)31-26;1-11-20-14(4)16(6)23(29)27(32-20)34-24-18(8)22(13-3)31-26(19(24)9)35-25-17(7)15(5)21(12-2)33-28(25)30-10;1-11-20-14(4)16(6)23(29)27(32-20)35-25-17(7)15(5)21(12-2)33-28(25)34-24-18(8)22(13-3)31-26(30-10)19(24)9/h15-29H,12-14H2,1-11H3;3*14-29H,11-13H2,1-10H3/t15-,16-,17-,18-,19?,20+,21?,22?,23?,24?,25-,26?,27+,28+,29+;14-,15-,16-,17-,18+,19?,20?,21?,22?,23-,24?,25?,26-,27-,28+;14-,15-,16-,17-,18+,19?,20?,21?,22?,23?,24-,25?,26-,27+,28-;14-,15-,16-,17-,18+,19?,20?,21?,22?,23?,24-,25?,26+,27+,28+/m0000/s1. The van der Waals surface area contributed by atoms with E-state index in [4.69, 9.17) is 114 Å². The van der Waals surface area contributed by atoms with Crippen LogP contribution in [0.5, 0.6) is 0 Å². The first-order valence-electron chi connectivity index (χ1n) is 56.6. The first kappa shape index (κ1) is 122. The van der Waals surface area contributed by atoms with Crippen LogP contribution in [0.1, 0.15) is 333 Å². The maximum atomic E-state index is 11.1. The molecule has 0 saturated carbocycles. The summed E-state index contributed by atoms with van der Waals surface area (Å²) in [5.74, 6) is 5.45. The minimum absolute atomic E-state index is 0.0122. The third-order valence-corrected chi connectivity index (χ3v) is 38.2. The van der Waals surface area contributed by atoms with Crippen molar-refractivity contribution in [3.63, 3.8) is 0 Å². The highest BCUT2D eigenvalue weighted by atomic mass is 16.8. The highest BCUT2D eigenvalue weighted by Crippen LogP contribution is 2.51. The monoisotopic (exact) mass is 2000 g/mol. The topological polar surface area (TPSA) is 282 Å². The minimum Gasteiger partial charge on any atom is -0.392 e. The molecule has 12 aliphatic rings. The van der Waals surface area contributed by atoms with Crippen LogP contribution >= 0.6 is 0 Å². The lowest BCUT2D eigenvalue weighted by Gasteiger charge is -2.51. The van der Waals surface area contributed by atoms with Crippen LogP contribution < -0.4 is 0 Å². The fraction of sp³-hybridized carbons (Fsp3) is 1.00. The van der Waals surface area contributed by atoms with E-state index in [1.165, 1.54) is 0 Å². The maximum Gasteiger partial charge on any atom is 0.185 e. The summed E-state index contributed by atoms with van der Waals surface area (Å²) >= 11 is 0. The SMILES string of the molecule is CCC1O[C@H](OC2[C@@H](OC)OC(CC)[C@@H](C)[C@@H]2C)C(O[C@@H]2OC(CC)[C@@H](C)[C@H](O)C2C)[C@@H](C)[C@@H]1C.CCC1O[C@H](OC2[C@@H](O[C@@H]3C(C)[C@H](OC)OC(CC)[C@H]3C)OC(CC)[C@@H](C)[C@@H]2C)C(C)[C@@H](C)[C@@H]1C.CCC1O[C@H](OC2[C@@H](O[C@@H]3C(C)[C@H](OC)OC(CC)[C@H]3C)OC(CC)[C@@H](C)[C@@H]2C)C(O)[C@@H](C)[C@@H]1C.CCC1O[C@H](O[C@@H]2C(C)[C@H](OC3[C@@H](OC)OC(CC)[C@@H](C)[C@@H]3C)OC(CC)[C@H]2C)C(O)[C@@H](C)[C@@H]1C. The van der Waals surface area contributed by atoms with Crippen LogP contribution in [-0.4, -0.2) is 260 Å². The molecule has 12 saturated heterocycles. The molecule has 824 valence electrons. The Morgan fingerprint density at radius 2 is 0.300 bits per heavy atom. The van der Waals surface area contributed by atoms with Gasteiger partial charge in [-0.2, -0.15) is 0 Å². The number of hydrogen-bond acceptors (Lipinski definition) is 27. The third-order valence-electron chi connectivity index (χ3n) is 38.2. The molecule has 0 spiro atoms. The predicted octanol–water partition coefficient (Wildman–Crippen LogP) is 21.2. The van der Waals surface area contributed by atoms with E-state index >= 15 is 0 Å². The number of aliphatic hydroxyl groups is 3. The van der Waals surface area contributed by atoms with Crippen LogP contribution in [-0.2, 0) is 114 Å². The molecule has 140 heavy (non-hydrogen) atoms. The molecule has 0 aromatic heterocycles. The number of ether oxygens (including phenoxy) is 24. The highest BCUT2D eigenvalue weighted by molar-refractivity contribution is 5.00. The summed E-state index contributed by atoms with van der Waals surface area (Å²) in [7, 11) is 6.76. The molecule has 12 heterocycles. The van der Waals surface area contributed by atoms with Crippen molar-refractivity contribution < 1.29 is 129 Å². The zero-order valence-electron chi connectivity index (χ0n) is 95.3. The summed E-state index contributed by atoms with van der Waals surface area (Å²) in [5.41, 5.74) is 0. The van der Waals surface area contributed by atoms with Crippen molar-refractivity contribution in [3.8, 4) is 0 Å². The normalized spacial score (nSPS) is 51.3. The fourth-order valence-corrected chi connectivity index (χ4v) is 25.9. The molecule has 0 aromatic rings. The molecular formula is C113H210O27. The Hall–Kier alpha value is -1.08. The number of methoxy groups -OCH3 is 4. The van der Waals surface area contributed by atoms with Gasteiger partial charge in [-0.15, -0.1) is 0 Å². The summed E-state index contributed by atoms with van der Waals surface area (Å²) in [6, 6.07) is 0. The summed E-state index contributed by atoms with van der Waals surface area (Å²) in [6.45, 7) is 80.5. The van der Waals surface area contributed by atoms with Crippen molar-refractivity contribution in [2.24, 2.45) is 148 Å². The van der Waals surface area contributed by atoms with E-state index in [9.17, 15) is 15.3 Å². The van der Waals surface area contributed by atoms with E-state index in [0.717, 1.165) is 77.0 Å². The lowest BCUT2D eigenvalue weighted by molar-refractivity contribution is -0.370.